The normalized spacial score (nSPS) is 9.53. The molecule has 0 unspecified atom stereocenters. The van der Waals surface area contributed by atoms with Crippen molar-refractivity contribution in [3.05, 3.63) is 34.1 Å². The summed E-state index contributed by atoms with van der Waals surface area (Å²) >= 11 is 0. The molecule has 0 aliphatic rings. The maximum absolute atomic E-state index is 10.7. The highest BCUT2D eigenvalue weighted by Gasteiger charge is 2.15. The third-order valence-corrected chi connectivity index (χ3v) is 1.96. The topological polar surface area (TPSA) is 109 Å². The fourth-order valence-electron chi connectivity index (χ4n) is 1.27. The summed E-state index contributed by atoms with van der Waals surface area (Å²) in [7, 11) is 0. The summed E-state index contributed by atoms with van der Waals surface area (Å²) in [5, 5.41) is 19.5. The van der Waals surface area contributed by atoms with E-state index in [9.17, 15) is 14.9 Å². The third-order valence-electron chi connectivity index (χ3n) is 1.96. The molecule has 0 spiro atoms. The quantitative estimate of drug-likeness (QED) is 0.614. The van der Waals surface area contributed by atoms with Gasteiger partial charge in [0.1, 0.15) is 11.8 Å². The summed E-state index contributed by atoms with van der Waals surface area (Å²) in [5.41, 5.74) is 0.0591. The maximum atomic E-state index is 10.7. The smallest absolute Gasteiger partial charge is 0.337 e. The Balaban J connectivity index is 0.000000686. The predicted octanol–water partition coefficient (Wildman–Crippen LogP) is 2.20. The van der Waals surface area contributed by atoms with Gasteiger partial charge in [0.2, 0.25) is 0 Å². The summed E-state index contributed by atoms with van der Waals surface area (Å²) in [5.74, 6) is -1.15. The Morgan fingerprint density at radius 2 is 2.18 bits per heavy atom. The van der Waals surface area contributed by atoms with Crippen LogP contribution in [0, 0.1) is 10.1 Å². The van der Waals surface area contributed by atoms with Crippen molar-refractivity contribution in [2.24, 2.45) is 0 Å². The molecule has 0 aliphatic heterocycles. The molecule has 0 saturated heterocycles. The Bertz CT molecular complexity index is 562. The number of hydrogen-bond donors (Lipinski definition) is 2. The van der Waals surface area contributed by atoms with Gasteiger partial charge < -0.3 is 10.1 Å². The van der Waals surface area contributed by atoms with Gasteiger partial charge in [0, 0.05) is 17.6 Å². The average Bonchev–Trinajstić information content (AvgIpc) is 2.74. The number of hydrogen-bond acceptors (Lipinski definition) is 4. The van der Waals surface area contributed by atoms with E-state index in [1.54, 1.807) is 0 Å². The standard InChI is InChI=1S/C8H5N3O4.C2H6/c12-8(13)6-3-10-7-5(6)1-4(2-9-7)11(14)15;1-2/h1-3H,(H,9,10)(H,12,13);1-2H3. The van der Waals surface area contributed by atoms with Crippen LogP contribution in [0.4, 0.5) is 5.69 Å². The van der Waals surface area contributed by atoms with Crippen LogP contribution in [0.25, 0.3) is 11.0 Å². The Morgan fingerprint density at radius 3 is 2.71 bits per heavy atom. The van der Waals surface area contributed by atoms with Crippen molar-refractivity contribution in [2.75, 3.05) is 0 Å². The molecule has 2 heterocycles. The Hall–Kier alpha value is -2.44. The zero-order valence-corrected chi connectivity index (χ0v) is 9.30. The molecule has 90 valence electrons. The van der Waals surface area contributed by atoms with Crippen LogP contribution in [0.5, 0.6) is 0 Å². The van der Waals surface area contributed by atoms with Crippen LogP contribution >= 0.6 is 0 Å². The third kappa shape index (κ3) is 2.39. The van der Waals surface area contributed by atoms with Crippen molar-refractivity contribution in [3.8, 4) is 0 Å². The van der Waals surface area contributed by atoms with Crippen molar-refractivity contribution < 1.29 is 14.8 Å². The van der Waals surface area contributed by atoms with Crippen LogP contribution in [0.15, 0.2) is 18.5 Å². The Kier molecular flexibility index (Phi) is 3.76. The molecule has 0 radical (unpaired) electrons. The second kappa shape index (κ2) is 5.06. The molecule has 0 bridgehead atoms. The molecular weight excluding hydrogens is 226 g/mol. The first-order valence-corrected chi connectivity index (χ1v) is 4.94. The van der Waals surface area contributed by atoms with Crippen molar-refractivity contribution in [1.29, 1.82) is 0 Å². The fraction of sp³-hybridized carbons (Fsp3) is 0.200. The molecule has 2 N–H and O–H groups in total. The summed E-state index contributed by atoms with van der Waals surface area (Å²) in [6.07, 6.45) is 2.33. The predicted molar refractivity (Wildman–Crippen MR) is 61.1 cm³/mol. The number of nitro groups is 1. The molecule has 0 atom stereocenters. The summed E-state index contributed by atoms with van der Waals surface area (Å²) in [4.78, 5) is 26.9. The van der Waals surface area contributed by atoms with Crippen LogP contribution in [0.2, 0.25) is 0 Å². The van der Waals surface area contributed by atoms with E-state index in [-0.39, 0.29) is 16.6 Å². The van der Waals surface area contributed by atoms with Gasteiger partial charge in [-0.2, -0.15) is 0 Å². The molecule has 0 fully saturated rings. The zero-order chi connectivity index (χ0) is 13.0. The molecule has 2 rings (SSSR count). The summed E-state index contributed by atoms with van der Waals surface area (Å²) < 4.78 is 0. The van der Waals surface area contributed by atoms with Gasteiger partial charge in [-0.1, -0.05) is 13.8 Å². The Labute approximate surface area is 96.3 Å². The molecule has 0 aromatic carbocycles. The van der Waals surface area contributed by atoms with E-state index in [0.717, 1.165) is 6.20 Å². The highest BCUT2D eigenvalue weighted by atomic mass is 16.6. The number of aromatic carboxylic acids is 1. The van der Waals surface area contributed by atoms with Gasteiger partial charge in [0.15, 0.2) is 0 Å². The SMILES string of the molecule is CC.O=C(O)c1c[nH]c2ncc([N+](=O)[O-])cc12. The largest absolute Gasteiger partial charge is 0.478 e. The lowest BCUT2D eigenvalue weighted by Crippen LogP contribution is -1.95. The first-order chi connectivity index (χ1) is 8.09. The lowest BCUT2D eigenvalue weighted by atomic mass is 10.2. The van der Waals surface area contributed by atoms with Gasteiger partial charge >= 0.3 is 5.97 Å². The molecule has 2 aromatic rings. The fourth-order valence-corrected chi connectivity index (χ4v) is 1.27. The number of nitrogens with one attached hydrogen (secondary N) is 1. The highest BCUT2D eigenvalue weighted by molar-refractivity contribution is 6.02. The lowest BCUT2D eigenvalue weighted by molar-refractivity contribution is -0.385. The van der Waals surface area contributed by atoms with E-state index in [0.29, 0.717) is 5.65 Å². The van der Waals surface area contributed by atoms with E-state index < -0.39 is 10.9 Å². The van der Waals surface area contributed by atoms with E-state index in [1.807, 2.05) is 13.8 Å². The van der Waals surface area contributed by atoms with Crippen LogP contribution in [0.3, 0.4) is 0 Å². The molecular formula is C10H11N3O4. The van der Waals surface area contributed by atoms with Gasteiger partial charge in [-0.25, -0.2) is 9.78 Å². The van der Waals surface area contributed by atoms with Crippen molar-refractivity contribution in [2.45, 2.75) is 13.8 Å². The van der Waals surface area contributed by atoms with Crippen LogP contribution in [-0.4, -0.2) is 26.0 Å². The van der Waals surface area contributed by atoms with Gasteiger partial charge in [-0.05, 0) is 0 Å². The second-order valence-corrected chi connectivity index (χ2v) is 2.85. The Morgan fingerprint density at radius 1 is 1.53 bits per heavy atom. The number of carboxylic acids is 1. The minimum atomic E-state index is -1.15. The maximum Gasteiger partial charge on any atom is 0.337 e. The molecule has 7 nitrogen and oxygen atoms in total. The van der Waals surface area contributed by atoms with Crippen LogP contribution < -0.4 is 0 Å². The number of pyridine rings is 1. The lowest BCUT2D eigenvalue weighted by Gasteiger charge is -1.92. The van der Waals surface area contributed by atoms with Crippen molar-refractivity contribution >= 4 is 22.7 Å². The van der Waals surface area contributed by atoms with Crippen LogP contribution in [-0.2, 0) is 0 Å². The minimum absolute atomic E-state index is 0.0267. The number of aromatic amines is 1. The number of aromatic nitrogens is 2. The molecule has 0 aliphatic carbocycles. The molecule has 0 amide bonds. The van der Waals surface area contributed by atoms with E-state index in [2.05, 4.69) is 9.97 Å². The first kappa shape index (κ1) is 12.6. The van der Waals surface area contributed by atoms with E-state index >= 15 is 0 Å². The number of H-pyrrole nitrogens is 1. The van der Waals surface area contributed by atoms with Gasteiger partial charge in [0.25, 0.3) is 5.69 Å². The minimum Gasteiger partial charge on any atom is -0.478 e. The van der Waals surface area contributed by atoms with Gasteiger partial charge in [-0.15, -0.1) is 0 Å². The van der Waals surface area contributed by atoms with Crippen molar-refractivity contribution in [3.63, 3.8) is 0 Å². The number of carboxylic acid groups (broad SMARTS) is 1. The molecule has 7 heteroatoms. The number of carbonyl (C=O) groups is 1. The monoisotopic (exact) mass is 237 g/mol. The van der Waals surface area contributed by atoms with Crippen LogP contribution in [0.1, 0.15) is 24.2 Å². The summed E-state index contributed by atoms with van der Waals surface area (Å²) in [6, 6.07) is 1.18. The average molecular weight is 237 g/mol. The molecule has 0 saturated carbocycles. The van der Waals surface area contributed by atoms with Crippen molar-refractivity contribution in [1.82, 2.24) is 9.97 Å². The number of rotatable bonds is 2. The second-order valence-electron chi connectivity index (χ2n) is 2.85. The molecule has 17 heavy (non-hydrogen) atoms. The summed E-state index contributed by atoms with van der Waals surface area (Å²) in [6.45, 7) is 4.00. The number of fused-ring (bicyclic) bond motifs is 1. The zero-order valence-electron chi connectivity index (χ0n) is 9.30. The highest BCUT2D eigenvalue weighted by Crippen LogP contribution is 2.21. The molecule has 2 aromatic heterocycles. The van der Waals surface area contributed by atoms with E-state index in [4.69, 9.17) is 5.11 Å². The van der Waals surface area contributed by atoms with E-state index in [1.165, 1.54) is 12.3 Å². The number of nitrogens with zero attached hydrogens (tertiary/aromatic N) is 2. The van der Waals surface area contributed by atoms with Gasteiger partial charge in [0.05, 0.1) is 10.5 Å². The first-order valence-electron chi connectivity index (χ1n) is 4.94. The van der Waals surface area contributed by atoms with Gasteiger partial charge in [-0.3, -0.25) is 10.1 Å².